The minimum atomic E-state index is 0.535. The highest BCUT2D eigenvalue weighted by Crippen LogP contribution is 2.29. The number of rotatable bonds is 8. The van der Waals surface area contributed by atoms with Gasteiger partial charge in [0.15, 0.2) is 0 Å². The molecule has 0 saturated carbocycles. The van der Waals surface area contributed by atoms with Crippen molar-refractivity contribution in [2.45, 2.75) is 13.5 Å². The van der Waals surface area contributed by atoms with E-state index in [1.54, 1.807) is 6.07 Å². The van der Waals surface area contributed by atoms with E-state index in [0.29, 0.717) is 36.4 Å². The van der Waals surface area contributed by atoms with Crippen LogP contribution in [-0.2, 0) is 11.3 Å². The van der Waals surface area contributed by atoms with E-state index in [0.717, 1.165) is 17.0 Å². The Kier molecular flexibility index (Phi) is 6.84. The molecule has 1 N–H and O–H groups in total. The van der Waals surface area contributed by atoms with Crippen molar-refractivity contribution in [1.29, 1.82) is 0 Å². The van der Waals surface area contributed by atoms with E-state index in [1.165, 1.54) is 0 Å². The van der Waals surface area contributed by atoms with Crippen molar-refractivity contribution in [3.63, 3.8) is 0 Å². The van der Waals surface area contributed by atoms with Crippen LogP contribution in [0.1, 0.15) is 12.5 Å². The van der Waals surface area contributed by atoms with Crippen molar-refractivity contribution in [3.05, 3.63) is 58.1 Å². The zero-order valence-corrected chi connectivity index (χ0v) is 14.0. The molecule has 0 unspecified atom stereocenters. The van der Waals surface area contributed by atoms with E-state index in [4.69, 9.17) is 32.7 Å². The van der Waals surface area contributed by atoms with Gasteiger partial charge >= 0.3 is 0 Å². The van der Waals surface area contributed by atoms with Crippen LogP contribution in [0.15, 0.2) is 42.5 Å². The molecule has 22 heavy (non-hydrogen) atoms. The second kappa shape index (κ2) is 8.89. The summed E-state index contributed by atoms with van der Waals surface area (Å²) >= 11 is 12.2. The molecular formula is C17H19Cl2NO2. The van der Waals surface area contributed by atoms with Crippen LogP contribution in [0.3, 0.4) is 0 Å². The molecule has 0 spiro atoms. The molecule has 2 aromatic rings. The molecule has 0 fully saturated rings. The predicted octanol–water partition coefficient (Wildman–Crippen LogP) is 5.02. The number of halogens is 2. The summed E-state index contributed by atoms with van der Waals surface area (Å²) in [5.74, 6) is 0.830. The van der Waals surface area contributed by atoms with Crippen LogP contribution in [0.2, 0.25) is 10.0 Å². The summed E-state index contributed by atoms with van der Waals surface area (Å²) in [4.78, 5) is 0. The molecule has 0 aliphatic rings. The molecule has 0 bridgehead atoms. The van der Waals surface area contributed by atoms with Gasteiger partial charge in [-0.15, -0.1) is 0 Å². The van der Waals surface area contributed by atoms with E-state index in [9.17, 15) is 0 Å². The van der Waals surface area contributed by atoms with Gasteiger partial charge in [-0.25, -0.2) is 0 Å². The number of anilines is 1. The van der Waals surface area contributed by atoms with E-state index in [-0.39, 0.29) is 0 Å². The second-order valence-electron chi connectivity index (χ2n) is 4.65. The standard InChI is InChI=1S/C17H19Cl2NO2/c1-2-21-9-10-22-14-6-3-5-13(11-14)12-20-16-8-4-7-15(18)17(16)19/h3-8,11,20H,2,9-10,12H2,1H3. The van der Waals surface area contributed by atoms with Crippen LogP contribution < -0.4 is 10.1 Å². The minimum absolute atomic E-state index is 0.535. The van der Waals surface area contributed by atoms with Crippen molar-refractivity contribution in [3.8, 4) is 5.75 Å². The Morgan fingerprint density at radius 1 is 1.05 bits per heavy atom. The molecule has 0 heterocycles. The first-order valence-electron chi connectivity index (χ1n) is 7.18. The van der Waals surface area contributed by atoms with Gasteiger partial charge in [0.25, 0.3) is 0 Å². The van der Waals surface area contributed by atoms with Crippen LogP contribution in [0, 0.1) is 0 Å². The third kappa shape index (κ3) is 5.09. The summed E-state index contributed by atoms with van der Waals surface area (Å²) in [5.41, 5.74) is 1.92. The Morgan fingerprint density at radius 3 is 2.68 bits per heavy atom. The Hall–Kier alpha value is -1.42. The van der Waals surface area contributed by atoms with Gasteiger partial charge in [0.1, 0.15) is 12.4 Å². The first-order valence-corrected chi connectivity index (χ1v) is 7.93. The molecule has 0 aliphatic carbocycles. The van der Waals surface area contributed by atoms with Gasteiger partial charge in [-0.2, -0.15) is 0 Å². The molecular weight excluding hydrogens is 321 g/mol. The lowest BCUT2D eigenvalue weighted by Gasteiger charge is -2.11. The summed E-state index contributed by atoms with van der Waals surface area (Å²) in [7, 11) is 0. The summed E-state index contributed by atoms with van der Waals surface area (Å²) in [6, 6.07) is 13.5. The van der Waals surface area contributed by atoms with Gasteiger partial charge in [-0.1, -0.05) is 41.4 Å². The molecule has 5 heteroatoms. The van der Waals surface area contributed by atoms with Crippen LogP contribution in [-0.4, -0.2) is 19.8 Å². The fraction of sp³-hybridized carbons (Fsp3) is 0.294. The van der Waals surface area contributed by atoms with Crippen LogP contribution in [0.5, 0.6) is 5.75 Å². The fourth-order valence-corrected chi connectivity index (χ4v) is 2.31. The van der Waals surface area contributed by atoms with Gasteiger partial charge in [-0.3, -0.25) is 0 Å². The molecule has 2 rings (SSSR count). The van der Waals surface area contributed by atoms with E-state index < -0.39 is 0 Å². The maximum atomic E-state index is 6.16. The van der Waals surface area contributed by atoms with Gasteiger partial charge < -0.3 is 14.8 Å². The predicted molar refractivity (Wildman–Crippen MR) is 92.2 cm³/mol. The Bertz CT molecular complexity index is 605. The van der Waals surface area contributed by atoms with Crippen molar-refractivity contribution < 1.29 is 9.47 Å². The number of hydrogen-bond acceptors (Lipinski definition) is 3. The topological polar surface area (TPSA) is 30.5 Å². The molecule has 0 radical (unpaired) electrons. The van der Waals surface area contributed by atoms with Gasteiger partial charge in [0.2, 0.25) is 0 Å². The lowest BCUT2D eigenvalue weighted by atomic mass is 10.2. The minimum Gasteiger partial charge on any atom is -0.491 e. The average Bonchev–Trinajstić information content (AvgIpc) is 2.53. The fourth-order valence-electron chi connectivity index (χ4n) is 1.95. The SMILES string of the molecule is CCOCCOc1cccc(CNc2cccc(Cl)c2Cl)c1. The van der Waals surface area contributed by atoms with Gasteiger partial charge in [0.05, 0.1) is 22.3 Å². The van der Waals surface area contributed by atoms with Crippen molar-refractivity contribution in [2.24, 2.45) is 0 Å². The first kappa shape index (κ1) is 16.9. The zero-order chi connectivity index (χ0) is 15.8. The van der Waals surface area contributed by atoms with Gasteiger partial charge in [0, 0.05) is 13.2 Å². The molecule has 3 nitrogen and oxygen atoms in total. The summed E-state index contributed by atoms with van der Waals surface area (Å²) in [6.45, 7) is 4.45. The molecule has 0 amide bonds. The summed E-state index contributed by atoms with van der Waals surface area (Å²) < 4.78 is 10.9. The first-order chi connectivity index (χ1) is 10.7. The number of nitrogens with one attached hydrogen (secondary N) is 1. The molecule has 0 atom stereocenters. The second-order valence-corrected chi connectivity index (χ2v) is 5.43. The molecule has 0 aromatic heterocycles. The highest BCUT2D eigenvalue weighted by atomic mass is 35.5. The normalized spacial score (nSPS) is 10.5. The lowest BCUT2D eigenvalue weighted by Crippen LogP contribution is -2.06. The number of hydrogen-bond donors (Lipinski definition) is 1. The highest BCUT2D eigenvalue weighted by molar-refractivity contribution is 6.43. The van der Waals surface area contributed by atoms with Crippen LogP contribution >= 0.6 is 23.2 Å². The number of ether oxygens (including phenoxy) is 2. The van der Waals surface area contributed by atoms with Crippen molar-refractivity contribution >= 4 is 28.9 Å². The smallest absolute Gasteiger partial charge is 0.119 e. The van der Waals surface area contributed by atoms with E-state index >= 15 is 0 Å². The highest BCUT2D eigenvalue weighted by Gasteiger charge is 2.04. The Morgan fingerprint density at radius 2 is 1.86 bits per heavy atom. The van der Waals surface area contributed by atoms with Crippen molar-refractivity contribution in [1.82, 2.24) is 0 Å². The maximum absolute atomic E-state index is 6.16. The maximum Gasteiger partial charge on any atom is 0.119 e. The quantitative estimate of drug-likeness (QED) is 0.685. The van der Waals surface area contributed by atoms with E-state index in [2.05, 4.69) is 5.32 Å². The molecule has 0 aliphatic heterocycles. The molecule has 118 valence electrons. The Labute approximate surface area is 141 Å². The van der Waals surface area contributed by atoms with E-state index in [1.807, 2.05) is 43.3 Å². The van der Waals surface area contributed by atoms with Crippen molar-refractivity contribution in [2.75, 3.05) is 25.1 Å². The zero-order valence-electron chi connectivity index (χ0n) is 12.4. The third-order valence-electron chi connectivity index (χ3n) is 3.03. The largest absolute Gasteiger partial charge is 0.491 e. The third-order valence-corrected chi connectivity index (χ3v) is 3.85. The average molecular weight is 340 g/mol. The number of benzene rings is 2. The lowest BCUT2D eigenvalue weighted by molar-refractivity contribution is 0.110. The Balaban J connectivity index is 1.91. The molecule has 2 aromatic carbocycles. The van der Waals surface area contributed by atoms with Crippen LogP contribution in [0.4, 0.5) is 5.69 Å². The summed E-state index contributed by atoms with van der Waals surface area (Å²) in [6.07, 6.45) is 0. The monoisotopic (exact) mass is 339 g/mol. The van der Waals surface area contributed by atoms with Crippen LogP contribution in [0.25, 0.3) is 0 Å². The molecule has 0 saturated heterocycles. The van der Waals surface area contributed by atoms with Gasteiger partial charge in [-0.05, 0) is 36.8 Å². The summed E-state index contributed by atoms with van der Waals surface area (Å²) in [5, 5.41) is 4.35.